The van der Waals surface area contributed by atoms with Crippen LogP contribution in [0, 0.1) is 12.8 Å². The Morgan fingerprint density at radius 3 is 2.38 bits per heavy atom. The van der Waals surface area contributed by atoms with Gasteiger partial charge in [-0.15, -0.1) is 0 Å². The van der Waals surface area contributed by atoms with Crippen LogP contribution in [0.5, 0.6) is 0 Å². The van der Waals surface area contributed by atoms with E-state index in [-0.39, 0.29) is 17.7 Å². The van der Waals surface area contributed by atoms with Gasteiger partial charge in [-0.2, -0.15) is 0 Å². The molecule has 0 saturated carbocycles. The molecule has 1 fully saturated rings. The molecule has 0 atom stereocenters. The molecule has 2 amide bonds. The van der Waals surface area contributed by atoms with E-state index >= 15 is 0 Å². The number of amides is 2. The van der Waals surface area contributed by atoms with Crippen molar-refractivity contribution in [3.8, 4) is 0 Å². The summed E-state index contributed by atoms with van der Waals surface area (Å²) in [4.78, 5) is 25.2. The lowest BCUT2D eigenvalue weighted by Crippen LogP contribution is -2.42. The number of hydrogen-bond donors (Lipinski definition) is 1. The highest BCUT2D eigenvalue weighted by Crippen LogP contribution is 2.17. The van der Waals surface area contributed by atoms with Crippen molar-refractivity contribution in [3.63, 3.8) is 0 Å². The SMILES string of the molecule is CC(=O)N1CCC(C(=O)NCCc2ccc(C)cc2)CC1. The Kier molecular flexibility index (Phi) is 5.37. The average Bonchev–Trinajstić information content (AvgIpc) is 2.49. The van der Waals surface area contributed by atoms with E-state index in [1.165, 1.54) is 11.1 Å². The monoisotopic (exact) mass is 288 g/mol. The van der Waals surface area contributed by atoms with E-state index in [9.17, 15) is 9.59 Å². The topological polar surface area (TPSA) is 49.4 Å². The van der Waals surface area contributed by atoms with E-state index in [0.29, 0.717) is 19.6 Å². The largest absolute Gasteiger partial charge is 0.356 e. The number of nitrogens with one attached hydrogen (secondary N) is 1. The fraction of sp³-hybridized carbons (Fsp3) is 0.529. The van der Waals surface area contributed by atoms with Crippen molar-refractivity contribution in [2.75, 3.05) is 19.6 Å². The minimum atomic E-state index is 0.0543. The molecule has 1 aromatic rings. The predicted molar refractivity (Wildman–Crippen MR) is 82.9 cm³/mol. The Labute approximate surface area is 126 Å². The van der Waals surface area contributed by atoms with Crippen molar-refractivity contribution in [2.45, 2.75) is 33.1 Å². The number of aryl methyl sites for hydroxylation is 1. The molecule has 4 nitrogen and oxygen atoms in total. The quantitative estimate of drug-likeness (QED) is 0.920. The molecule has 1 aliphatic heterocycles. The summed E-state index contributed by atoms with van der Waals surface area (Å²) >= 11 is 0. The highest BCUT2D eigenvalue weighted by Gasteiger charge is 2.25. The summed E-state index contributed by atoms with van der Waals surface area (Å²) in [6, 6.07) is 8.39. The Morgan fingerprint density at radius 1 is 1.19 bits per heavy atom. The van der Waals surface area contributed by atoms with Crippen LogP contribution in [0.1, 0.15) is 30.9 Å². The molecular weight excluding hydrogens is 264 g/mol. The molecule has 0 aliphatic carbocycles. The van der Waals surface area contributed by atoms with Gasteiger partial charge < -0.3 is 10.2 Å². The molecule has 0 spiro atoms. The molecule has 4 heteroatoms. The zero-order valence-electron chi connectivity index (χ0n) is 12.9. The summed E-state index contributed by atoms with van der Waals surface area (Å²) in [5, 5.41) is 3.02. The number of nitrogens with zero attached hydrogens (tertiary/aromatic N) is 1. The van der Waals surface area contributed by atoms with Gasteiger partial charge in [0.15, 0.2) is 0 Å². The fourth-order valence-electron chi connectivity index (χ4n) is 2.69. The second kappa shape index (κ2) is 7.25. The molecule has 21 heavy (non-hydrogen) atoms. The Hall–Kier alpha value is -1.84. The van der Waals surface area contributed by atoms with Crippen molar-refractivity contribution in [1.82, 2.24) is 10.2 Å². The first kappa shape index (κ1) is 15.5. The zero-order valence-corrected chi connectivity index (χ0v) is 12.9. The smallest absolute Gasteiger partial charge is 0.223 e. The van der Waals surface area contributed by atoms with E-state index in [2.05, 4.69) is 36.5 Å². The maximum absolute atomic E-state index is 12.1. The van der Waals surface area contributed by atoms with Crippen LogP contribution in [-0.2, 0) is 16.0 Å². The Balaban J connectivity index is 1.70. The zero-order chi connectivity index (χ0) is 15.2. The summed E-state index contributed by atoms with van der Waals surface area (Å²) in [5.74, 6) is 0.289. The highest BCUT2D eigenvalue weighted by molar-refractivity contribution is 5.79. The molecule has 114 valence electrons. The van der Waals surface area contributed by atoms with E-state index in [1.807, 2.05) is 4.90 Å². The van der Waals surface area contributed by atoms with Gasteiger partial charge in [-0.3, -0.25) is 9.59 Å². The molecule has 1 aliphatic rings. The number of carbonyl (C=O) groups is 2. The lowest BCUT2D eigenvalue weighted by Gasteiger charge is -2.30. The van der Waals surface area contributed by atoms with Crippen LogP contribution in [0.25, 0.3) is 0 Å². The van der Waals surface area contributed by atoms with Crippen molar-refractivity contribution in [1.29, 1.82) is 0 Å². The lowest BCUT2D eigenvalue weighted by molar-refractivity contribution is -0.133. The van der Waals surface area contributed by atoms with Crippen LogP contribution < -0.4 is 5.32 Å². The van der Waals surface area contributed by atoms with E-state index in [4.69, 9.17) is 0 Å². The number of benzene rings is 1. The summed E-state index contributed by atoms with van der Waals surface area (Å²) < 4.78 is 0. The molecule has 2 rings (SSSR count). The minimum Gasteiger partial charge on any atom is -0.356 e. The van der Waals surface area contributed by atoms with Crippen LogP contribution in [-0.4, -0.2) is 36.3 Å². The van der Waals surface area contributed by atoms with E-state index in [1.54, 1.807) is 6.92 Å². The van der Waals surface area contributed by atoms with Gasteiger partial charge in [0.25, 0.3) is 0 Å². The third-order valence-corrected chi connectivity index (χ3v) is 4.14. The standard InChI is InChI=1S/C17H24N2O2/c1-13-3-5-15(6-4-13)7-10-18-17(21)16-8-11-19(12-9-16)14(2)20/h3-6,16H,7-12H2,1-2H3,(H,18,21). The van der Waals surface area contributed by atoms with Crippen molar-refractivity contribution in [2.24, 2.45) is 5.92 Å². The summed E-state index contributed by atoms with van der Waals surface area (Å²) in [7, 11) is 0. The first-order valence-electron chi connectivity index (χ1n) is 7.65. The van der Waals surface area contributed by atoms with Crippen molar-refractivity contribution in [3.05, 3.63) is 35.4 Å². The number of carbonyl (C=O) groups excluding carboxylic acids is 2. The molecule has 1 N–H and O–H groups in total. The van der Waals surface area contributed by atoms with Gasteiger partial charge in [-0.1, -0.05) is 29.8 Å². The van der Waals surface area contributed by atoms with E-state index in [0.717, 1.165) is 19.3 Å². The van der Waals surface area contributed by atoms with Crippen molar-refractivity contribution >= 4 is 11.8 Å². The van der Waals surface area contributed by atoms with Gasteiger partial charge >= 0.3 is 0 Å². The fourth-order valence-corrected chi connectivity index (χ4v) is 2.69. The highest BCUT2D eigenvalue weighted by atomic mass is 16.2. The van der Waals surface area contributed by atoms with Gasteiger partial charge in [0, 0.05) is 32.5 Å². The third-order valence-electron chi connectivity index (χ3n) is 4.14. The molecule has 0 bridgehead atoms. The first-order valence-corrected chi connectivity index (χ1v) is 7.65. The number of piperidine rings is 1. The van der Waals surface area contributed by atoms with Gasteiger partial charge in [-0.25, -0.2) is 0 Å². The molecule has 1 heterocycles. The van der Waals surface area contributed by atoms with Gasteiger partial charge in [-0.05, 0) is 31.7 Å². The molecule has 1 aromatic carbocycles. The van der Waals surface area contributed by atoms with E-state index < -0.39 is 0 Å². The van der Waals surface area contributed by atoms with Crippen molar-refractivity contribution < 1.29 is 9.59 Å². The van der Waals surface area contributed by atoms with Gasteiger partial charge in [0.2, 0.25) is 11.8 Å². The second-order valence-electron chi connectivity index (χ2n) is 5.81. The molecule has 0 aromatic heterocycles. The maximum atomic E-state index is 12.1. The maximum Gasteiger partial charge on any atom is 0.223 e. The summed E-state index contributed by atoms with van der Waals surface area (Å²) in [5.41, 5.74) is 2.49. The summed E-state index contributed by atoms with van der Waals surface area (Å²) in [6.07, 6.45) is 2.41. The van der Waals surface area contributed by atoms with Crippen LogP contribution in [0.2, 0.25) is 0 Å². The molecular formula is C17H24N2O2. The Morgan fingerprint density at radius 2 is 1.81 bits per heavy atom. The molecule has 1 saturated heterocycles. The summed E-state index contributed by atoms with van der Waals surface area (Å²) in [6.45, 7) is 5.73. The number of likely N-dealkylation sites (tertiary alicyclic amines) is 1. The second-order valence-corrected chi connectivity index (χ2v) is 5.81. The van der Waals surface area contributed by atoms with Gasteiger partial charge in [0.05, 0.1) is 0 Å². The number of hydrogen-bond acceptors (Lipinski definition) is 2. The molecule has 0 radical (unpaired) electrons. The third kappa shape index (κ3) is 4.59. The minimum absolute atomic E-state index is 0.0543. The number of rotatable bonds is 4. The average molecular weight is 288 g/mol. The predicted octanol–water partition coefficient (Wildman–Crippen LogP) is 1.91. The lowest BCUT2D eigenvalue weighted by atomic mass is 9.96. The van der Waals surface area contributed by atoms with Gasteiger partial charge in [0.1, 0.15) is 0 Å². The first-order chi connectivity index (χ1) is 10.1. The molecule has 0 unspecified atom stereocenters. The van der Waals surface area contributed by atoms with Crippen LogP contribution in [0.4, 0.5) is 0 Å². The Bertz CT molecular complexity index is 488. The van der Waals surface area contributed by atoms with Crippen LogP contribution >= 0.6 is 0 Å². The van der Waals surface area contributed by atoms with Crippen LogP contribution in [0.15, 0.2) is 24.3 Å². The normalized spacial score (nSPS) is 15.8. The van der Waals surface area contributed by atoms with Crippen LogP contribution in [0.3, 0.4) is 0 Å².